The number of phosphoric ester groups is 1. The van der Waals surface area contributed by atoms with Gasteiger partial charge in [-0.1, -0.05) is 103 Å². The highest BCUT2D eigenvalue weighted by molar-refractivity contribution is 7.47. The second-order valence-electron chi connectivity index (χ2n) is 16.1. The molecular weight excluding hydrogens is 794 g/mol. The van der Waals surface area contributed by atoms with E-state index in [0.717, 1.165) is 25.3 Å². The van der Waals surface area contributed by atoms with E-state index >= 15 is 0 Å². The fraction of sp³-hybridized carbons (Fsp3) is 0.674. The number of nitrogens with zero attached hydrogens (tertiary/aromatic N) is 5. The molecule has 4 rings (SSSR count). The summed E-state index contributed by atoms with van der Waals surface area (Å²) in [7, 11) is -4.94. The summed E-state index contributed by atoms with van der Waals surface area (Å²) in [4.78, 5) is 14.8. The van der Waals surface area contributed by atoms with Crippen molar-refractivity contribution in [1.82, 2.24) is 14.6 Å². The van der Waals surface area contributed by atoms with Crippen molar-refractivity contribution in [2.75, 3.05) is 32.2 Å². The van der Waals surface area contributed by atoms with E-state index in [9.17, 15) is 34.6 Å². The Kier molecular flexibility index (Phi) is 20.3. The second kappa shape index (κ2) is 24.8. The molecular formula is C43H64FN6O9P. The molecule has 1 fully saturated rings. The number of nitrogens with two attached hydrogens (primary N) is 1. The lowest BCUT2D eigenvalue weighted by atomic mass is 9.92. The number of nitrogen functional groups attached to an aromatic ring is 1. The topological polar surface area (TPSA) is 228 Å². The summed E-state index contributed by atoms with van der Waals surface area (Å²) in [6.07, 6.45) is 16.1. The molecule has 0 aliphatic carbocycles. The molecule has 0 spiro atoms. The molecule has 332 valence electrons. The van der Waals surface area contributed by atoms with Gasteiger partial charge in [-0.05, 0) is 49.2 Å². The van der Waals surface area contributed by atoms with Gasteiger partial charge in [0.05, 0.1) is 56.2 Å². The molecule has 0 bridgehead atoms. The van der Waals surface area contributed by atoms with Crippen LogP contribution in [0.1, 0.15) is 146 Å². The molecule has 1 saturated heterocycles. The predicted octanol–water partition coefficient (Wildman–Crippen LogP) is 8.16. The number of rotatable bonds is 30. The molecule has 60 heavy (non-hydrogen) atoms. The molecule has 15 nitrogen and oxygen atoms in total. The van der Waals surface area contributed by atoms with Crippen LogP contribution in [-0.2, 0) is 34.4 Å². The summed E-state index contributed by atoms with van der Waals surface area (Å²) >= 11 is 0. The quantitative estimate of drug-likeness (QED) is 0.0366. The fourth-order valence-corrected chi connectivity index (χ4v) is 8.30. The van der Waals surface area contributed by atoms with Crippen molar-refractivity contribution in [3.8, 4) is 12.1 Å². The van der Waals surface area contributed by atoms with Crippen LogP contribution in [0.15, 0.2) is 36.7 Å². The summed E-state index contributed by atoms with van der Waals surface area (Å²) in [6.45, 7) is 2.72. The minimum absolute atomic E-state index is 0.0560. The number of unbranched alkanes of at least 4 members (excludes halogenated alkanes) is 15. The Balaban J connectivity index is 1.26. The van der Waals surface area contributed by atoms with E-state index in [1.165, 1.54) is 106 Å². The molecule has 17 heteroatoms. The lowest BCUT2D eigenvalue weighted by Gasteiger charge is -2.32. The van der Waals surface area contributed by atoms with Crippen molar-refractivity contribution in [1.29, 1.82) is 10.5 Å². The maximum atomic E-state index is 14.2. The van der Waals surface area contributed by atoms with Gasteiger partial charge in [0.2, 0.25) is 0 Å². The first-order valence-electron chi connectivity index (χ1n) is 21.4. The number of aliphatic hydroxyl groups excluding tert-OH is 2. The minimum Gasteiger partial charge on any atom is -0.387 e. The second-order valence-corrected chi connectivity index (χ2v) is 17.6. The van der Waals surface area contributed by atoms with Crippen LogP contribution in [0.25, 0.3) is 5.52 Å². The van der Waals surface area contributed by atoms with Crippen molar-refractivity contribution in [2.24, 2.45) is 0 Å². The Morgan fingerprint density at radius 3 is 2.20 bits per heavy atom. The summed E-state index contributed by atoms with van der Waals surface area (Å²) in [5.74, 6) is -0.449. The molecule has 1 unspecified atom stereocenters. The zero-order chi connectivity index (χ0) is 43.4. The van der Waals surface area contributed by atoms with Crippen molar-refractivity contribution < 1.29 is 47.3 Å². The highest BCUT2D eigenvalue weighted by Gasteiger charge is 2.56. The van der Waals surface area contributed by atoms with Crippen LogP contribution < -0.4 is 5.73 Å². The van der Waals surface area contributed by atoms with Gasteiger partial charge in [-0.25, -0.2) is 18.5 Å². The summed E-state index contributed by atoms with van der Waals surface area (Å²) in [5.41, 5.74) is 3.84. The Hall–Kier alpha value is -3.54. The average Bonchev–Trinajstić information content (AvgIpc) is 3.77. The third kappa shape index (κ3) is 15.1. The van der Waals surface area contributed by atoms with Gasteiger partial charge in [-0.3, -0.25) is 9.05 Å². The van der Waals surface area contributed by atoms with Gasteiger partial charge in [-0.2, -0.15) is 15.6 Å². The normalized spacial score (nSPS) is 21.1. The van der Waals surface area contributed by atoms with Crippen LogP contribution in [0.4, 0.5) is 10.2 Å². The zero-order valence-electron chi connectivity index (χ0n) is 35.2. The zero-order valence-corrected chi connectivity index (χ0v) is 36.1. The molecule has 1 aromatic carbocycles. The van der Waals surface area contributed by atoms with E-state index in [0.29, 0.717) is 23.4 Å². The number of ether oxygens (including phenoxy) is 3. The number of hydrogen-bond acceptors (Lipinski definition) is 13. The first-order chi connectivity index (χ1) is 28.9. The van der Waals surface area contributed by atoms with Crippen LogP contribution in [0.5, 0.6) is 0 Å². The number of benzene rings is 1. The van der Waals surface area contributed by atoms with Crippen LogP contribution >= 0.6 is 7.82 Å². The van der Waals surface area contributed by atoms with E-state index in [1.54, 1.807) is 19.1 Å². The van der Waals surface area contributed by atoms with Crippen LogP contribution in [0, 0.1) is 28.5 Å². The predicted molar refractivity (Wildman–Crippen MR) is 223 cm³/mol. The SMILES string of the molecule is CCCCCCCCCCCCCCCCCCOC[C@](C)(COP(=O)(O)OC[C@@]1(CC#N)O[C@@H](c2ccc3c(N)ncnn23)[C@H](O)[C@@H]1O)OCc1cc(F)cc(C#N)c1. The molecule has 5 N–H and O–H groups in total. The average molecular weight is 859 g/mol. The molecule has 0 amide bonds. The van der Waals surface area contributed by atoms with Gasteiger partial charge < -0.3 is 35.1 Å². The number of hydrogen-bond donors (Lipinski definition) is 4. The van der Waals surface area contributed by atoms with Crippen LogP contribution in [-0.4, -0.2) is 79.5 Å². The Morgan fingerprint density at radius 1 is 0.950 bits per heavy atom. The molecule has 0 radical (unpaired) electrons. The lowest BCUT2D eigenvalue weighted by Crippen LogP contribution is -2.46. The first-order valence-corrected chi connectivity index (χ1v) is 22.9. The Morgan fingerprint density at radius 2 is 1.58 bits per heavy atom. The minimum atomic E-state index is -4.94. The molecule has 1 aliphatic rings. The molecule has 2 aromatic heterocycles. The van der Waals surface area contributed by atoms with Crippen molar-refractivity contribution in [2.45, 2.75) is 159 Å². The summed E-state index contributed by atoms with van der Waals surface area (Å²) in [5, 5.41) is 45.3. The van der Waals surface area contributed by atoms with E-state index in [-0.39, 0.29) is 24.6 Å². The number of aliphatic hydroxyl groups is 2. The number of aromatic nitrogens is 3. The first kappa shape index (κ1) is 49.1. The highest BCUT2D eigenvalue weighted by Crippen LogP contribution is 2.49. The number of fused-ring (bicyclic) bond motifs is 1. The number of phosphoric acid groups is 1. The highest BCUT2D eigenvalue weighted by atomic mass is 31.2. The maximum Gasteiger partial charge on any atom is 0.472 e. The molecule has 6 atom stereocenters. The van der Waals surface area contributed by atoms with E-state index in [1.807, 2.05) is 12.1 Å². The van der Waals surface area contributed by atoms with Crippen molar-refractivity contribution >= 4 is 19.2 Å². The lowest BCUT2D eigenvalue weighted by molar-refractivity contribution is -0.125. The van der Waals surface area contributed by atoms with Crippen LogP contribution in [0.3, 0.4) is 0 Å². The van der Waals surface area contributed by atoms with E-state index in [2.05, 4.69) is 17.0 Å². The Bertz CT molecular complexity index is 1890. The monoisotopic (exact) mass is 858 g/mol. The van der Waals surface area contributed by atoms with Crippen molar-refractivity contribution in [3.05, 3.63) is 59.3 Å². The number of nitriles is 2. The van der Waals surface area contributed by atoms with Gasteiger partial charge in [0.15, 0.2) is 5.82 Å². The third-order valence-electron chi connectivity index (χ3n) is 10.9. The number of halogens is 1. The van der Waals surface area contributed by atoms with Crippen molar-refractivity contribution in [3.63, 3.8) is 0 Å². The smallest absolute Gasteiger partial charge is 0.387 e. The third-order valence-corrected chi connectivity index (χ3v) is 11.9. The van der Waals surface area contributed by atoms with E-state index in [4.69, 9.17) is 29.0 Å². The summed E-state index contributed by atoms with van der Waals surface area (Å²) < 4.78 is 57.7. The molecule has 3 heterocycles. The van der Waals surface area contributed by atoms with Crippen LogP contribution in [0.2, 0.25) is 0 Å². The molecule has 3 aromatic rings. The Labute approximate surface area is 353 Å². The maximum absolute atomic E-state index is 14.2. The fourth-order valence-electron chi connectivity index (χ4n) is 7.41. The van der Waals surface area contributed by atoms with Gasteiger partial charge in [0.1, 0.15) is 47.2 Å². The van der Waals surface area contributed by atoms with Gasteiger partial charge in [0, 0.05) is 6.61 Å². The number of anilines is 1. The van der Waals surface area contributed by atoms with E-state index < -0.39 is 62.8 Å². The summed E-state index contributed by atoms with van der Waals surface area (Å²) in [6, 6.07) is 10.8. The molecule has 0 saturated carbocycles. The largest absolute Gasteiger partial charge is 0.472 e. The standard InChI is InChI=1S/C43H64FN6O9P/c1-3-4-5-6-7-8-9-10-11-12-13-14-15-16-17-18-23-55-29-42(2,56-28-34-24-33(27-46)25-35(44)26-34)30-57-60(53,54)58-31-43(21-22-45)40(52)38(51)39(59-43)36-19-20-37-41(47)48-32-49-50(36)37/h19-20,24-26,32,38-40,51-52H,3-18,21,23,28-31H2,1-2H3,(H,53,54)(H2,47,48,49)/t38-,39-,40-,42+,43+/m0/s1. The molecule has 1 aliphatic heterocycles. The van der Waals surface area contributed by atoms with Gasteiger partial charge >= 0.3 is 7.82 Å². The van der Waals surface area contributed by atoms with Gasteiger partial charge in [-0.15, -0.1) is 0 Å². The van der Waals surface area contributed by atoms with Gasteiger partial charge in [0.25, 0.3) is 0 Å².